The molecule has 1 saturated heterocycles. The maximum absolute atomic E-state index is 12.5. The molecule has 0 aromatic heterocycles. The van der Waals surface area contributed by atoms with Crippen LogP contribution in [0.4, 0.5) is 0 Å². The molecular formula is C15H21NO2. The lowest BCUT2D eigenvalue weighted by Gasteiger charge is -2.23. The zero-order valence-electron chi connectivity index (χ0n) is 11.4. The van der Waals surface area contributed by atoms with Crippen LogP contribution in [0.2, 0.25) is 0 Å². The second kappa shape index (κ2) is 5.53. The molecule has 1 heterocycles. The number of nitrogens with one attached hydrogen (secondary N) is 1. The molecule has 1 aromatic rings. The van der Waals surface area contributed by atoms with Crippen molar-refractivity contribution in [2.75, 3.05) is 13.7 Å². The zero-order chi connectivity index (χ0) is 13.1. The van der Waals surface area contributed by atoms with E-state index in [1.54, 1.807) is 7.11 Å². The van der Waals surface area contributed by atoms with Gasteiger partial charge in [0.05, 0.1) is 13.2 Å². The predicted molar refractivity (Wildman–Crippen MR) is 72.4 cm³/mol. The minimum Gasteiger partial charge on any atom is -0.497 e. The maximum Gasteiger partial charge on any atom is 0.180 e. The van der Waals surface area contributed by atoms with Gasteiger partial charge in [-0.25, -0.2) is 0 Å². The van der Waals surface area contributed by atoms with Gasteiger partial charge in [0.1, 0.15) is 5.75 Å². The van der Waals surface area contributed by atoms with Gasteiger partial charge in [0.2, 0.25) is 0 Å². The molecule has 0 spiro atoms. The van der Waals surface area contributed by atoms with E-state index in [1.165, 1.54) is 6.42 Å². The van der Waals surface area contributed by atoms with Gasteiger partial charge < -0.3 is 10.1 Å². The second-order valence-electron chi connectivity index (χ2n) is 5.00. The Morgan fingerprint density at radius 2 is 1.94 bits per heavy atom. The number of aryl methyl sites for hydroxylation is 2. The van der Waals surface area contributed by atoms with Gasteiger partial charge in [-0.3, -0.25) is 4.79 Å². The molecule has 3 heteroatoms. The molecule has 0 radical (unpaired) electrons. The van der Waals surface area contributed by atoms with Gasteiger partial charge in [-0.2, -0.15) is 0 Å². The quantitative estimate of drug-likeness (QED) is 0.834. The first-order valence-electron chi connectivity index (χ1n) is 6.56. The molecule has 18 heavy (non-hydrogen) atoms. The molecule has 1 aliphatic rings. The molecule has 1 fully saturated rings. The fraction of sp³-hybridized carbons (Fsp3) is 0.533. The molecule has 0 aliphatic carbocycles. The Morgan fingerprint density at radius 1 is 1.28 bits per heavy atom. The molecule has 1 aromatic carbocycles. The van der Waals surface area contributed by atoms with E-state index in [9.17, 15) is 4.79 Å². The number of rotatable bonds is 3. The van der Waals surface area contributed by atoms with Gasteiger partial charge in [0.25, 0.3) is 0 Å². The fourth-order valence-electron chi connectivity index (χ4n) is 2.68. The summed E-state index contributed by atoms with van der Waals surface area (Å²) >= 11 is 0. The first-order valence-corrected chi connectivity index (χ1v) is 6.56. The molecule has 1 unspecified atom stereocenters. The summed E-state index contributed by atoms with van der Waals surface area (Å²) in [7, 11) is 1.65. The Labute approximate surface area is 109 Å². The molecule has 2 rings (SSSR count). The standard InChI is InChI=1S/C15H21NO2/c1-10-8-12(18-3)9-11(2)14(10)15(17)13-6-4-5-7-16-13/h8-9,13,16H,4-7H2,1-3H3. The van der Waals surface area contributed by atoms with E-state index in [-0.39, 0.29) is 11.8 Å². The van der Waals surface area contributed by atoms with Crippen molar-refractivity contribution in [3.8, 4) is 5.75 Å². The van der Waals surface area contributed by atoms with Crippen LogP contribution >= 0.6 is 0 Å². The van der Waals surface area contributed by atoms with Crippen LogP contribution < -0.4 is 10.1 Å². The average Bonchev–Trinajstić information content (AvgIpc) is 2.38. The van der Waals surface area contributed by atoms with Crippen molar-refractivity contribution in [2.24, 2.45) is 0 Å². The third-order valence-electron chi connectivity index (χ3n) is 3.62. The van der Waals surface area contributed by atoms with Crippen LogP contribution in [0.15, 0.2) is 12.1 Å². The lowest BCUT2D eigenvalue weighted by Crippen LogP contribution is -2.40. The summed E-state index contributed by atoms with van der Waals surface area (Å²) in [5, 5.41) is 3.32. The van der Waals surface area contributed by atoms with Crippen molar-refractivity contribution in [3.05, 3.63) is 28.8 Å². The van der Waals surface area contributed by atoms with Crippen LogP contribution in [-0.4, -0.2) is 25.5 Å². The lowest BCUT2D eigenvalue weighted by molar-refractivity contribution is 0.0926. The molecule has 1 N–H and O–H groups in total. The van der Waals surface area contributed by atoms with Crippen molar-refractivity contribution >= 4 is 5.78 Å². The third kappa shape index (κ3) is 2.56. The molecule has 98 valence electrons. The molecule has 0 amide bonds. The largest absolute Gasteiger partial charge is 0.497 e. The number of carbonyl (C=O) groups excluding carboxylic acids is 1. The summed E-state index contributed by atoms with van der Waals surface area (Å²) in [5.74, 6) is 1.05. The van der Waals surface area contributed by atoms with Crippen LogP contribution in [0.25, 0.3) is 0 Å². The number of ether oxygens (including phenoxy) is 1. The molecule has 3 nitrogen and oxygen atoms in total. The summed E-state index contributed by atoms with van der Waals surface area (Å²) in [6.07, 6.45) is 3.26. The van der Waals surface area contributed by atoms with E-state index < -0.39 is 0 Å². The summed E-state index contributed by atoms with van der Waals surface area (Å²) in [5.41, 5.74) is 2.86. The summed E-state index contributed by atoms with van der Waals surface area (Å²) in [6, 6.07) is 3.86. The SMILES string of the molecule is COc1cc(C)c(C(=O)C2CCCCN2)c(C)c1. The normalized spacial score (nSPS) is 19.6. The van der Waals surface area contributed by atoms with E-state index in [4.69, 9.17) is 4.74 Å². The highest BCUT2D eigenvalue weighted by atomic mass is 16.5. The first kappa shape index (κ1) is 13.1. The number of ketones is 1. The van der Waals surface area contributed by atoms with Gasteiger partial charge >= 0.3 is 0 Å². The molecule has 1 aliphatic heterocycles. The fourth-order valence-corrected chi connectivity index (χ4v) is 2.68. The number of piperidine rings is 1. The zero-order valence-corrected chi connectivity index (χ0v) is 11.4. The average molecular weight is 247 g/mol. The van der Waals surface area contributed by atoms with E-state index >= 15 is 0 Å². The van der Waals surface area contributed by atoms with E-state index in [0.717, 1.165) is 41.8 Å². The Balaban J connectivity index is 2.29. The Hall–Kier alpha value is -1.35. The van der Waals surface area contributed by atoms with Crippen molar-refractivity contribution in [1.82, 2.24) is 5.32 Å². The van der Waals surface area contributed by atoms with Gasteiger partial charge in [0.15, 0.2) is 5.78 Å². The Morgan fingerprint density at radius 3 is 2.44 bits per heavy atom. The maximum atomic E-state index is 12.5. The third-order valence-corrected chi connectivity index (χ3v) is 3.62. The summed E-state index contributed by atoms with van der Waals surface area (Å²) in [4.78, 5) is 12.5. The van der Waals surface area contributed by atoms with E-state index in [0.29, 0.717) is 0 Å². The molecule has 1 atom stereocenters. The van der Waals surface area contributed by atoms with Crippen molar-refractivity contribution < 1.29 is 9.53 Å². The topological polar surface area (TPSA) is 38.3 Å². The molecule has 0 saturated carbocycles. The van der Waals surface area contributed by atoms with E-state index in [2.05, 4.69) is 5.32 Å². The number of benzene rings is 1. The minimum atomic E-state index is -0.00968. The first-order chi connectivity index (χ1) is 8.63. The van der Waals surface area contributed by atoms with E-state index in [1.807, 2.05) is 26.0 Å². The molecular weight excluding hydrogens is 226 g/mol. The second-order valence-corrected chi connectivity index (χ2v) is 5.00. The highest BCUT2D eigenvalue weighted by Crippen LogP contribution is 2.24. The Bertz CT molecular complexity index is 425. The van der Waals surface area contributed by atoms with Crippen LogP contribution in [0, 0.1) is 13.8 Å². The van der Waals surface area contributed by atoms with Crippen LogP contribution in [0.3, 0.4) is 0 Å². The number of methoxy groups -OCH3 is 1. The minimum absolute atomic E-state index is 0.00968. The summed E-state index contributed by atoms with van der Waals surface area (Å²) < 4.78 is 5.23. The Kier molecular flexibility index (Phi) is 4.02. The lowest BCUT2D eigenvalue weighted by atomic mass is 9.91. The van der Waals surface area contributed by atoms with Crippen molar-refractivity contribution in [2.45, 2.75) is 39.2 Å². The highest BCUT2D eigenvalue weighted by molar-refractivity contribution is 6.02. The summed E-state index contributed by atoms with van der Waals surface area (Å²) in [6.45, 7) is 4.90. The van der Waals surface area contributed by atoms with Crippen molar-refractivity contribution in [1.29, 1.82) is 0 Å². The van der Waals surface area contributed by atoms with Gasteiger partial charge in [0, 0.05) is 5.56 Å². The highest BCUT2D eigenvalue weighted by Gasteiger charge is 2.24. The number of hydrogen-bond donors (Lipinski definition) is 1. The monoisotopic (exact) mass is 247 g/mol. The van der Waals surface area contributed by atoms with Crippen LogP contribution in [0.1, 0.15) is 40.7 Å². The molecule has 0 bridgehead atoms. The smallest absolute Gasteiger partial charge is 0.180 e. The van der Waals surface area contributed by atoms with Crippen molar-refractivity contribution in [3.63, 3.8) is 0 Å². The number of Topliss-reactive ketones (excluding diaryl/α,β-unsaturated/α-hetero) is 1. The van der Waals surface area contributed by atoms with Crippen LogP contribution in [0.5, 0.6) is 5.75 Å². The number of carbonyl (C=O) groups is 1. The van der Waals surface area contributed by atoms with Gasteiger partial charge in [-0.05, 0) is 56.5 Å². The van der Waals surface area contributed by atoms with Gasteiger partial charge in [-0.1, -0.05) is 6.42 Å². The van der Waals surface area contributed by atoms with Gasteiger partial charge in [-0.15, -0.1) is 0 Å². The van der Waals surface area contributed by atoms with Crippen LogP contribution in [-0.2, 0) is 0 Å². The predicted octanol–water partition coefficient (Wildman–Crippen LogP) is 2.64. The number of hydrogen-bond acceptors (Lipinski definition) is 3.